The fourth-order valence-electron chi connectivity index (χ4n) is 2.53. The zero-order chi connectivity index (χ0) is 13.0. The van der Waals surface area contributed by atoms with Crippen LogP contribution in [0.3, 0.4) is 0 Å². The summed E-state index contributed by atoms with van der Waals surface area (Å²) in [6, 6.07) is 7.03. The molecular weight excluding hydrogens is 222 g/mol. The van der Waals surface area contributed by atoms with Crippen LogP contribution < -0.4 is 5.32 Å². The Labute approximate surface area is 110 Å². The average molecular weight is 245 g/mol. The highest BCUT2D eigenvalue weighted by atomic mass is 15.0. The number of aromatic nitrogens is 1. The Morgan fingerprint density at radius 1 is 1.56 bits per heavy atom. The highest BCUT2D eigenvalue weighted by Gasteiger charge is 2.42. The number of rotatable bonds is 7. The molecule has 1 unspecified atom stereocenters. The molecule has 1 aromatic rings. The van der Waals surface area contributed by atoms with Gasteiger partial charge in [0.15, 0.2) is 0 Å². The molecule has 0 amide bonds. The van der Waals surface area contributed by atoms with E-state index in [0.29, 0.717) is 12.5 Å². The first-order valence-corrected chi connectivity index (χ1v) is 6.96. The second-order valence-corrected chi connectivity index (χ2v) is 5.57. The van der Waals surface area contributed by atoms with E-state index in [1.807, 2.05) is 0 Å². The molecule has 98 valence electrons. The number of hydrogen-bond acceptors (Lipinski definition) is 2. The van der Waals surface area contributed by atoms with E-state index < -0.39 is 0 Å². The Morgan fingerprint density at radius 3 is 2.94 bits per heavy atom. The summed E-state index contributed by atoms with van der Waals surface area (Å²) >= 11 is 0. The number of nitrogens with one attached hydrogen (secondary N) is 1. The molecule has 1 aliphatic rings. The number of nitriles is 1. The smallest absolute Gasteiger partial charge is 0.0628 e. The van der Waals surface area contributed by atoms with Crippen molar-refractivity contribution in [1.29, 1.82) is 5.26 Å². The van der Waals surface area contributed by atoms with Crippen LogP contribution in [0.4, 0.5) is 0 Å². The minimum atomic E-state index is 0.271. The van der Waals surface area contributed by atoms with Crippen LogP contribution in [0.15, 0.2) is 18.3 Å². The van der Waals surface area contributed by atoms with Crippen LogP contribution >= 0.6 is 0 Å². The summed E-state index contributed by atoms with van der Waals surface area (Å²) in [5.74, 6) is 0. The standard InChI is InChI=1S/C15H23N3/c1-3-10-17-13(2)14-5-4-11-18(14)12-15(6-7-15)8-9-16/h4-5,11,13,17H,3,6-8,10,12H2,1-2H3. The molecule has 0 aliphatic heterocycles. The topological polar surface area (TPSA) is 40.8 Å². The van der Waals surface area contributed by atoms with Gasteiger partial charge in [0, 0.05) is 36.3 Å². The molecular formula is C15H23N3. The number of hydrogen-bond donors (Lipinski definition) is 1. The lowest BCUT2D eigenvalue weighted by molar-refractivity contribution is 0.410. The van der Waals surface area contributed by atoms with Crippen molar-refractivity contribution < 1.29 is 0 Å². The molecule has 1 fully saturated rings. The van der Waals surface area contributed by atoms with Crippen LogP contribution in [0.1, 0.15) is 51.3 Å². The molecule has 0 bridgehead atoms. The third-order valence-corrected chi connectivity index (χ3v) is 3.93. The van der Waals surface area contributed by atoms with Crippen molar-refractivity contribution in [1.82, 2.24) is 9.88 Å². The molecule has 0 saturated heterocycles. The van der Waals surface area contributed by atoms with Gasteiger partial charge in [-0.3, -0.25) is 0 Å². The third-order valence-electron chi connectivity index (χ3n) is 3.93. The summed E-state index contributed by atoms with van der Waals surface area (Å²) < 4.78 is 2.33. The van der Waals surface area contributed by atoms with Crippen molar-refractivity contribution in [2.75, 3.05) is 6.54 Å². The van der Waals surface area contributed by atoms with E-state index in [1.165, 1.54) is 18.5 Å². The van der Waals surface area contributed by atoms with Gasteiger partial charge in [-0.15, -0.1) is 0 Å². The van der Waals surface area contributed by atoms with Crippen molar-refractivity contribution in [2.45, 2.75) is 52.1 Å². The quantitative estimate of drug-likeness (QED) is 0.801. The molecule has 1 saturated carbocycles. The average Bonchev–Trinajstić information content (AvgIpc) is 2.94. The predicted molar refractivity (Wildman–Crippen MR) is 73.0 cm³/mol. The molecule has 0 radical (unpaired) electrons. The highest BCUT2D eigenvalue weighted by molar-refractivity contribution is 5.13. The van der Waals surface area contributed by atoms with Gasteiger partial charge in [-0.05, 0) is 44.9 Å². The lowest BCUT2D eigenvalue weighted by Gasteiger charge is -2.20. The SMILES string of the molecule is CCCNC(C)c1cccn1CC1(CC#N)CC1. The second kappa shape index (κ2) is 5.58. The van der Waals surface area contributed by atoms with E-state index in [2.05, 4.69) is 48.1 Å². The molecule has 0 spiro atoms. The summed E-state index contributed by atoms with van der Waals surface area (Å²) in [5, 5.41) is 12.4. The Kier molecular flexibility index (Phi) is 4.08. The lowest BCUT2D eigenvalue weighted by Crippen LogP contribution is -2.23. The molecule has 1 aromatic heterocycles. The molecule has 3 nitrogen and oxygen atoms in total. The minimum absolute atomic E-state index is 0.271. The van der Waals surface area contributed by atoms with Crippen LogP contribution in [-0.4, -0.2) is 11.1 Å². The van der Waals surface area contributed by atoms with E-state index in [4.69, 9.17) is 5.26 Å². The van der Waals surface area contributed by atoms with E-state index in [9.17, 15) is 0 Å². The maximum absolute atomic E-state index is 8.89. The number of nitrogens with zero attached hydrogens (tertiary/aromatic N) is 2. The van der Waals surface area contributed by atoms with Gasteiger partial charge in [0.05, 0.1) is 6.07 Å². The van der Waals surface area contributed by atoms with Gasteiger partial charge in [0.2, 0.25) is 0 Å². The molecule has 1 atom stereocenters. The Balaban J connectivity index is 2.02. The first kappa shape index (κ1) is 13.2. The molecule has 2 rings (SSSR count). The predicted octanol–water partition coefficient (Wildman–Crippen LogP) is 3.24. The first-order valence-electron chi connectivity index (χ1n) is 6.96. The van der Waals surface area contributed by atoms with Crippen molar-refractivity contribution in [3.63, 3.8) is 0 Å². The zero-order valence-corrected chi connectivity index (χ0v) is 11.4. The van der Waals surface area contributed by atoms with E-state index in [0.717, 1.165) is 19.5 Å². The van der Waals surface area contributed by atoms with Crippen molar-refractivity contribution >= 4 is 0 Å². The van der Waals surface area contributed by atoms with Gasteiger partial charge in [0.1, 0.15) is 0 Å². The van der Waals surface area contributed by atoms with Crippen LogP contribution in [-0.2, 0) is 6.54 Å². The summed E-state index contributed by atoms with van der Waals surface area (Å²) in [6.07, 6.45) is 6.41. The molecule has 0 aromatic carbocycles. The fraction of sp³-hybridized carbons (Fsp3) is 0.667. The summed E-state index contributed by atoms with van der Waals surface area (Å²) in [5.41, 5.74) is 1.61. The fourth-order valence-corrected chi connectivity index (χ4v) is 2.53. The minimum Gasteiger partial charge on any atom is -0.349 e. The normalized spacial score (nSPS) is 18.3. The van der Waals surface area contributed by atoms with Crippen molar-refractivity contribution in [3.8, 4) is 6.07 Å². The van der Waals surface area contributed by atoms with Gasteiger partial charge >= 0.3 is 0 Å². The highest BCUT2D eigenvalue weighted by Crippen LogP contribution is 2.50. The Bertz CT molecular complexity index is 423. The van der Waals surface area contributed by atoms with Crippen LogP contribution in [0, 0.1) is 16.7 Å². The van der Waals surface area contributed by atoms with Crippen molar-refractivity contribution in [3.05, 3.63) is 24.0 Å². The molecule has 3 heteroatoms. The van der Waals surface area contributed by atoms with Gasteiger partial charge in [-0.25, -0.2) is 0 Å². The van der Waals surface area contributed by atoms with Crippen LogP contribution in [0.2, 0.25) is 0 Å². The largest absolute Gasteiger partial charge is 0.349 e. The van der Waals surface area contributed by atoms with Crippen LogP contribution in [0.25, 0.3) is 0 Å². The second-order valence-electron chi connectivity index (χ2n) is 5.57. The van der Waals surface area contributed by atoms with Crippen molar-refractivity contribution in [2.24, 2.45) is 5.41 Å². The van der Waals surface area contributed by atoms with Gasteiger partial charge < -0.3 is 9.88 Å². The van der Waals surface area contributed by atoms with Crippen LogP contribution in [0.5, 0.6) is 0 Å². The van der Waals surface area contributed by atoms with Gasteiger partial charge in [0.25, 0.3) is 0 Å². The molecule has 18 heavy (non-hydrogen) atoms. The molecule has 1 heterocycles. The summed E-state index contributed by atoms with van der Waals surface area (Å²) in [6.45, 7) is 6.45. The molecule has 1 N–H and O–H groups in total. The third kappa shape index (κ3) is 2.94. The molecule has 1 aliphatic carbocycles. The Morgan fingerprint density at radius 2 is 2.33 bits per heavy atom. The zero-order valence-electron chi connectivity index (χ0n) is 11.4. The monoisotopic (exact) mass is 245 g/mol. The Hall–Kier alpha value is -1.27. The van der Waals surface area contributed by atoms with E-state index in [-0.39, 0.29) is 5.41 Å². The maximum Gasteiger partial charge on any atom is 0.0628 e. The maximum atomic E-state index is 8.89. The van der Waals surface area contributed by atoms with E-state index in [1.54, 1.807) is 0 Å². The van der Waals surface area contributed by atoms with E-state index >= 15 is 0 Å². The summed E-state index contributed by atoms with van der Waals surface area (Å²) in [4.78, 5) is 0. The lowest BCUT2D eigenvalue weighted by atomic mass is 10.0. The summed E-state index contributed by atoms with van der Waals surface area (Å²) in [7, 11) is 0. The van der Waals surface area contributed by atoms with Gasteiger partial charge in [-0.2, -0.15) is 5.26 Å². The first-order chi connectivity index (χ1) is 8.71. The van der Waals surface area contributed by atoms with Gasteiger partial charge in [-0.1, -0.05) is 6.92 Å².